The zero-order valence-corrected chi connectivity index (χ0v) is 21.1. The normalized spacial score (nSPS) is 16.2. The Morgan fingerprint density at radius 3 is 2.36 bits per heavy atom. The van der Waals surface area contributed by atoms with Crippen LogP contribution in [0.5, 0.6) is 0 Å². The maximum Gasteiger partial charge on any atom is 0.433 e. The van der Waals surface area contributed by atoms with Gasteiger partial charge in [-0.05, 0) is 60.4 Å². The molecule has 1 fully saturated rings. The number of anilines is 1. The molecule has 6 nitrogen and oxygen atoms in total. The second kappa shape index (κ2) is 11.2. The van der Waals surface area contributed by atoms with Crippen LogP contribution in [0, 0.1) is 11.7 Å². The zero-order chi connectivity index (χ0) is 26.7. The molecule has 0 radical (unpaired) electrons. The fourth-order valence-electron chi connectivity index (χ4n) is 4.27. The number of alkyl halides is 3. The van der Waals surface area contributed by atoms with Gasteiger partial charge < -0.3 is 4.90 Å². The molecule has 0 bridgehead atoms. The van der Waals surface area contributed by atoms with Crippen LogP contribution in [-0.4, -0.2) is 38.0 Å². The van der Waals surface area contributed by atoms with E-state index in [1.54, 1.807) is 13.0 Å². The van der Waals surface area contributed by atoms with Crippen molar-refractivity contribution in [3.63, 3.8) is 0 Å². The van der Waals surface area contributed by atoms with Crippen molar-refractivity contribution in [3.05, 3.63) is 58.5 Å². The Balaban J connectivity index is 1.72. The summed E-state index contributed by atoms with van der Waals surface area (Å²) in [6.45, 7) is 4.94. The average Bonchev–Trinajstić information content (AvgIpc) is 2.80. The van der Waals surface area contributed by atoms with Crippen LogP contribution in [0.2, 0.25) is 0 Å². The second-order valence-electron chi connectivity index (χ2n) is 9.50. The number of aromatic nitrogens is 1. The third-order valence-corrected chi connectivity index (χ3v) is 7.46. The van der Waals surface area contributed by atoms with Gasteiger partial charge in [-0.3, -0.25) is 4.79 Å². The van der Waals surface area contributed by atoms with Gasteiger partial charge in [0.2, 0.25) is 10.0 Å². The molecule has 0 amide bonds. The number of nitrogens with zero attached hydrogens (tertiary/aromatic N) is 2. The number of halogens is 4. The molecule has 0 aliphatic carbocycles. The van der Waals surface area contributed by atoms with Crippen LogP contribution < -0.4 is 10.0 Å². The second-order valence-corrected chi connectivity index (χ2v) is 11.2. The number of ketones is 1. The SMILES string of the molecule is CC1CCN(c2nc(C(F)(F)F)ccc2CCC(=O)C(C)c2ccc(CCS(N)(=O)=O)c(F)c2)CC1. The topological polar surface area (TPSA) is 93.4 Å². The Hall–Kier alpha value is -2.53. The van der Waals surface area contributed by atoms with Crippen molar-refractivity contribution in [2.75, 3.05) is 23.7 Å². The summed E-state index contributed by atoms with van der Waals surface area (Å²) in [6.07, 6.45) is -2.67. The molecular weight excluding hydrogens is 498 g/mol. The molecule has 1 aromatic heterocycles. The highest BCUT2D eigenvalue weighted by atomic mass is 32.2. The molecule has 3 rings (SSSR count). The van der Waals surface area contributed by atoms with Crippen LogP contribution in [0.4, 0.5) is 23.4 Å². The van der Waals surface area contributed by atoms with Crippen LogP contribution in [0.1, 0.15) is 61.4 Å². The Morgan fingerprint density at radius 2 is 1.78 bits per heavy atom. The monoisotopic (exact) mass is 529 g/mol. The molecular formula is C25H31F4N3O3S. The number of primary sulfonamides is 1. The lowest BCUT2D eigenvalue weighted by Gasteiger charge is -2.33. The molecule has 11 heteroatoms. The van der Waals surface area contributed by atoms with Crippen molar-refractivity contribution >= 4 is 21.6 Å². The minimum atomic E-state index is -4.56. The quantitative estimate of drug-likeness (QED) is 0.479. The predicted octanol–water partition coefficient (Wildman–Crippen LogP) is 4.61. The van der Waals surface area contributed by atoms with Gasteiger partial charge in [0.25, 0.3) is 0 Å². The highest BCUT2D eigenvalue weighted by Gasteiger charge is 2.34. The maximum absolute atomic E-state index is 14.5. The van der Waals surface area contributed by atoms with Crippen molar-refractivity contribution < 1.29 is 30.8 Å². The van der Waals surface area contributed by atoms with E-state index in [0.29, 0.717) is 30.1 Å². The Bertz CT molecular complexity index is 1190. The largest absolute Gasteiger partial charge is 0.433 e. The first-order valence-corrected chi connectivity index (χ1v) is 13.6. The number of Topliss-reactive ketones (excluding diaryl/α,β-unsaturated/α-hetero) is 1. The summed E-state index contributed by atoms with van der Waals surface area (Å²) >= 11 is 0. The van der Waals surface area contributed by atoms with Crippen molar-refractivity contribution in [3.8, 4) is 0 Å². The highest BCUT2D eigenvalue weighted by molar-refractivity contribution is 7.89. The molecule has 1 unspecified atom stereocenters. The summed E-state index contributed by atoms with van der Waals surface area (Å²) in [4.78, 5) is 18.7. The number of rotatable bonds is 9. The predicted molar refractivity (Wildman–Crippen MR) is 130 cm³/mol. The Morgan fingerprint density at radius 1 is 1.14 bits per heavy atom. The number of carbonyl (C=O) groups is 1. The van der Waals surface area contributed by atoms with Gasteiger partial charge in [0, 0.05) is 25.4 Å². The molecule has 2 aromatic rings. The van der Waals surface area contributed by atoms with Crippen molar-refractivity contribution in [2.45, 2.75) is 58.0 Å². The van der Waals surface area contributed by atoms with Crippen LogP contribution in [0.25, 0.3) is 0 Å². The molecule has 36 heavy (non-hydrogen) atoms. The third-order valence-electron chi connectivity index (χ3n) is 6.69. The number of aryl methyl sites for hydroxylation is 2. The van der Waals surface area contributed by atoms with E-state index >= 15 is 0 Å². The Kier molecular flexibility index (Phi) is 8.76. The van der Waals surface area contributed by atoms with Gasteiger partial charge in [-0.1, -0.05) is 32.0 Å². The highest BCUT2D eigenvalue weighted by Crippen LogP contribution is 2.33. The molecule has 198 valence electrons. The number of carbonyl (C=O) groups excluding carboxylic acids is 1. The summed E-state index contributed by atoms with van der Waals surface area (Å²) < 4.78 is 76.6. The van der Waals surface area contributed by atoms with E-state index in [1.807, 2.05) is 4.90 Å². The molecule has 1 aromatic carbocycles. The van der Waals surface area contributed by atoms with Gasteiger partial charge in [-0.15, -0.1) is 0 Å². The smallest absolute Gasteiger partial charge is 0.356 e. The van der Waals surface area contributed by atoms with Crippen LogP contribution in [0.3, 0.4) is 0 Å². The standard InChI is InChI=1S/C25H31F4N3O3S/c1-16-9-12-32(13-10-16)24-19(6-8-23(31-24)25(27,28)29)5-7-22(33)17(2)20-4-3-18(21(26)15-20)11-14-36(30,34)35/h3-4,6,8,15-17H,5,7,9-14H2,1-2H3,(H2,30,34,35). The van der Waals surface area contributed by atoms with E-state index in [2.05, 4.69) is 11.9 Å². The van der Waals surface area contributed by atoms with E-state index in [-0.39, 0.29) is 36.4 Å². The molecule has 1 aliphatic heterocycles. The number of nitrogens with two attached hydrogens (primary N) is 1. The van der Waals surface area contributed by atoms with Crippen molar-refractivity contribution in [2.24, 2.45) is 11.1 Å². The first-order valence-electron chi connectivity index (χ1n) is 11.9. The average molecular weight is 530 g/mol. The number of hydrogen-bond acceptors (Lipinski definition) is 5. The molecule has 0 saturated carbocycles. The first kappa shape index (κ1) is 28.0. The number of benzene rings is 1. The third kappa shape index (κ3) is 7.49. The zero-order valence-electron chi connectivity index (χ0n) is 20.3. The van der Waals surface area contributed by atoms with Crippen LogP contribution in [-0.2, 0) is 33.8 Å². The summed E-state index contributed by atoms with van der Waals surface area (Å²) in [7, 11) is -3.73. The lowest BCUT2D eigenvalue weighted by molar-refractivity contribution is -0.141. The summed E-state index contributed by atoms with van der Waals surface area (Å²) in [5.41, 5.74) is 0.233. The van der Waals surface area contributed by atoms with Gasteiger partial charge in [0.05, 0.1) is 5.75 Å². The van der Waals surface area contributed by atoms with E-state index in [0.717, 1.165) is 18.9 Å². The van der Waals surface area contributed by atoms with Gasteiger partial charge >= 0.3 is 6.18 Å². The van der Waals surface area contributed by atoms with Crippen molar-refractivity contribution in [1.82, 2.24) is 4.98 Å². The summed E-state index contributed by atoms with van der Waals surface area (Å²) in [5.74, 6) is -1.09. The van der Waals surface area contributed by atoms with E-state index in [9.17, 15) is 30.8 Å². The van der Waals surface area contributed by atoms with Gasteiger partial charge in [-0.2, -0.15) is 13.2 Å². The van der Waals surface area contributed by atoms with E-state index in [1.165, 1.54) is 18.2 Å². The van der Waals surface area contributed by atoms with Gasteiger partial charge in [0.15, 0.2) is 0 Å². The Labute approximate surface area is 208 Å². The minimum Gasteiger partial charge on any atom is -0.356 e. The lowest BCUT2D eigenvalue weighted by Crippen LogP contribution is -2.34. The van der Waals surface area contributed by atoms with E-state index < -0.39 is 39.4 Å². The first-order chi connectivity index (χ1) is 16.7. The van der Waals surface area contributed by atoms with Gasteiger partial charge in [-0.25, -0.2) is 22.9 Å². The number of piperidine rings is 1. The summed E-state index contributed by atoms with van der Waals surface area (Å²) in [5, 5.41) is 4.97. The van der Waals surface area contributed by atoms with Crippen LogP contribution >= 0.6 is 0 Å². The van der Waals surface area contributed by atoms with Gasteiger partial charge in [0.1, 0.15) is 23.1 Å². The molecule has 2 heterocycles. The maximum atomic E-state index is 14.5. The fraction of sp³-hybridized carbons (Fsp3) is 0.520. The molecule has 1 saturated heterocycles. The molecule has 1 atom stereocenters. The minimum absolute atomic E-state index is 0.0558. The summed E-state index contributed by atoms with van der Waals surface area (Å²) in [6, 6.07) is 6.55. The fourth-order valence-corrected chi connectivity index (χ4v) is 4.78. The number of hydrogen-bond donors (Lipinski definition) is 1. The molecule has 2 N–H and O–H groups in total. The number of pyridine rings is 1. The van der Waals surface area contributed by atoms with E-state index in [4.69, 9.17) is 5.14 Å². The lowest BCUT2D eigenvalue weighted by atomic mass is 9.91. The molecule has 1 aliphatic rings. The number of sulfonamides is 1. The van der Waals surface area contributed by atoms with Crippen LogP contribution in [0.15, 0.2) is 30.3 Å². The van der Waals surface area contributed by atoms with Crippen molar-refractivity contribution in [1.29, 1.82) is 0 Å². The molecule has 0 spiro atoms.